The fourth-order valence-electron chi connectivity index (χ4n) is 2.00. The van der Waals surface area contributed by atoms with Crippen molar-refractivity contribution in [2.45, 2.75) is 12.5 Å². The van der Waals surface area contributed by atoms with Crippen LogP contribution < -0.4 is 10.6 Å². The highest BCUT2D eigenvalue weighted by Crippen LogP contribution is 2.19. The van der Waals surface area contributed by atoms with Crippen LogP contribution in [0.4, 0.5) is 5.82 Å². The number of anilines is 1. The van der Waals surface area contributed by atoms with Gasteiger partial charge in [-0.05, 0) is 18.1 Å². The Morgan fingerprint density at radius 2 is 2.24 bits per heavy atom. The monoisotopic (exact) mass is 237 g/mol. The predicted octanol–water partition coefficient (Wildman–Crippen LogP) is -0.220. The van der Waals surface area contributed by atoms with Crippen LogP contribution in [0.1, 0.15) is 5.56 Å². The molecule has 0 bridgehead atoms. The number of hydrogen-bond acceptors (Lipinski definition) is 5. The van der Waals surface area contributed by atoms with Gasteiger partial charge in [0.2, 0.25) is 0 Å². The van der Waals surface area contributed by atoms with E-state index in [0.717, 1.165) is 37.7 Å². The molecule has 5 nitrogen and oxygen atoms in total. The van der Waals surface area contributed by atoms with Gasteiger partial charge in [0.1, 0.15) is 5.82 Å². The number of hydrogen-bond donors (Lipinski definition) is 2. The van der Waals surface area contributed by atoms with Crippen LogP contribution in [0, 0.1) is 0 Å². The van der Waals surface area contributed by atoms with Crippen LogP contribution in [0.5, 0.6) is 0 Å². The highest BCUT2D eigenvalue weighted by molar-refractivity contribution is 5.47. The summed E-state index contributed by atoms with van der Waals surface area (Å²) in [7, 11) is 0. The lowest BCUT2D eigenvalue weighted by Crippen LogP contribution is -2.38. The topological polar surface area (TPSA) is 71.6 Å². The molecule has 0 aliphatic carbocycles. The third-order valence-corrected chi connectivity index (χ3v) is 2.89. The lowest BCUT2D eigenvalue weighted by molar-refractivity contribution is 0.122. The number of aromatic nitrogens is 1. The van der Waals surface area contributed by atoms with Gasteiger partial charge in [0.05, 0.1) is 19.8 Å². The molecule has 0 aromatic carbocycles. The molecule has 2 rings (SSSR count). The molecule has 0 radical (unpaired) electrons. The molecule has 1 atom stereocenters. The minimum Gasteiger partial charge on any atom is -0.395 e. The van der Waals surface area contributed by atoms with Gasteiger partial charge in [0, 0.05) is 25.3 Å². The molecule has 3 N–H and O–H groups in total. The number of nitrogens with two attached hydrogens (primary N) is 1. The SMILES string of the molecule is NC(CO)Cc1cccnc1N1CCOCC1. The molecule has 94 valence electrons. The van der Waals surface area contributed by atoms with Crippen molar-refractivity contribution < 1.29 is 9.84 Å². The Hall–Kier alpha value is -1.17. The number of morpholine rings is 1. The number of ether oxygens (including phenoxy) is 1. The standard InChI is InChI=1S/C12H19N3O2/c13-11(9-16)8-10-2-1-3-14-12(10)15-4-6-17-7-5-15/h1-3,11,16H,4-9,13H2. The smallest absolute Gasteiger partial charge is 0.131 e. The van der Waals surface area contributed by atoms with E-state index in [1.54, 1.807) is 6.20 Å². The summed E-state index contributed by atoms with van der Waals surface area (Å²) in [6.07, 6.45) is 2.44. The van der Waals surface area contributed by atoms with Crippen LogP contribution in [0.2, 0.25) is 0 Å². The van der Waals surface area contributed by atoms with Crippen molar-refractivity contribution in [3.8, 4) is 0 Å². The average Bonchev–Trinajstić information content (AvgIpc) is 2.40. The highest BCUT2D eigenvalue weighted by Gasteiger charge is 2.16. The Bertz CT molecular complexity index is 353. The first kappa shape index (κ1) is 12.3. The van der Waals surface area contributed by atoms with E-state index in [-0.39, 0.29) is 12.6 Å². The lowest BCUT2D eigenvalue weighted by Gasteiger charge is -2.29. The first-order valence-electron chi connectivity index (χ1n) is 5.94. The zero-order chi connectivity index (χ0) is 12.1. The number of aliphatic hydroxyl groups excluding tert-OH is 1. The van der Waals surface area contributed by atoms with Gasteiger partial charge in [-0.3, -0.25) is 0 Å². The molecule has 1 fully saturated rings. The second-order valence-corrected chi connectivity index (χ2v) is 4.23. The second-order valence-electron chi connectivity index (χ2n) is 4.23. The van der Waals surface area contributed by atoms with Crippen LogP contribution in [-0.4, -0.2) is 49.0 Å². The first-order valence-corrected chi connectivity index (χ1v) is 5.94. The van der Waals surface area contributed by atoms with E-state index >= 15 is 0 Å². The number of aliphatic hydroxyl groups is 1. The Morgan fingerprint density at radius 1 is 1.47 bits per heavy atom. The summed E-state index contributed by atoms with van der Waals surface area (Å²) >= 11 is 0. The molecule has 1 aliphatic rings. The molecule has 0 saturated carbocycles. The fourth-order valence-corrected chi connectivity index (χ4v) is 2.00. The predicted molar refractivity (Wildman–Crippen MR) is 66.0 cm³/mol. The van der Waals surface area contributed by atoms with E-state index < -0.39 is 0 Å². The maximum Gasteiger partial charge on any atom is 0.131 e. The van der Waals surface area contributed by atoms with Crippen molar-refractivity contribution in [3.05, 3.63) is 23.9 Å². The van der Waals surface area contributed by atoms with Crippen molar-refractivity contribution in [1.29, 1.82) is 0 Å². The summed E-state index contributed by atoms with van der Waals surface area (Å²) < 4.78 is 5.33. The van der Waals surface area contributed by atoms with Crippen molar-refractivity contribution in [2.75, 3.05) is 37.8 Å². The first-order chi connectivity index (χ1) is 8.31. The van der Waals surface area contributed by atoms with Gasteiger partial charge in [-0.25, -0.2) is 4.98 Å². The zero-order valence-electron chi connectivity index (χ0n) is 9.88. The fraction of sp³-hybridized carbons (Fsp3) is 0.583. The van der Waals surface area contributed by atoms with Crippen molar-refractivity contribution >= 4 is 5.82 Å². The average molecular weight is 237 g/mol. The molecule has 1 aromatic rings. The molecular formula is C12H19N3O2. The minimum absolute atomic E-state index is 0.00253. The molecule has 0 spiro atoms. The third-order valence-electron chi connectivity index (χ3n) is 2.89. The van der Waals surface area contributed by atoms with Gasteiger partial charge in [-0.1, -0.05) is 6.07 Å². The van der Waals surface area contributed by atoms with Gasteiger partial charge in [0.25, 0.3) is 0 Å². The van der Waals surface area contributed by atoms with Gasteiger partial charge < -0.3 is 20.5 Å². The molecule has 1 aliphatic heterocycles. The normalized spacial score (nSPS) is 18.1. The van der Waals surface area contributed by atoms with E-state index in [9.17, 15) is 0 Å². The molecule has 0 amide bonds. The highest BCUT2D eigenvalue weighted by atomic mass is 16.5. The Morgan fingerprint density at radius 3 is 2.94 bits per heavy atom. The number of pyridine rings is 1. The van der Waals surface area contributed by atoms with Crippen LogP contribution in [-0.2, 0) is 11.2 Å². The number of nitrogens with zero attached hydrogens (tertiary/aromatic N) is 2. The summed E-state index contributed by atoms with van der Waals surface area (Å²) in [5, 5.41) is 9.02. The van der Waals surface area contributed by atoms with E-state index in [4.69, 9.17) is 15.6 Å². The maximum absolute atomic E-state index is 9.02. The van der Waals surface area contributed by atoms with Crippen molar-refractivity contribution in [2.24, 2.45) is 5.73 Å². The molecule has 2 heterocycles. The molecule has 1 unspecified atom stereocenters. The van der Waals surface area contributed by atoms with Crippen LogP contribution >= 0.6 is 0 Å². The zero-order valence-corrected chi connectivity index (χ0v) is 9.88. The largest absolute Gasteiger partial charge is 0.395 e. The van der Waals surface area contributed by atoms with E-state index in [0.29, 0.717) is 6.42 Å². The van der Waals surface area contributed by atoms with E-state index in [2.05, 4.69) is 9.88 Å². The van der Waals surface area contributed by atoms with Gasteiger partial charge >= 0.3 is 0 Å². The Kier molecular flexibility index (Phi) is 4.30. The lowest BCUT2D eigenvalue weighted by atomic mass is 10.1. The third kappa shape index (κ3) is 3.15. The minimum atomic E-state index is -0.223. The van der Waals surface area contributed by atoms with Gasteiger partial charge in [0.15, 0.2) is 0 Å². The van der Waals surface area contributed by atoms with E-state index in [1.165, 1.54) is 0 Å². The summed E-state index contributed by atoms with van der Waals surface area (Å²) in [6.45, 7) is 3.19. The summed E-state index contributed by atoms with van der Waals surface area (Å²) in [4.78, 5) is 6.63. The van der Waals surface area contributed by atoms with Crippen molar-refractivity contribution in [1.82, 2.24) is 4.98 Å². The Labute approximate surface area is 101 Å². The molecule has 1 aromatic heterocycles. The van der Waals surface area contributed by atoms with Crippen LogP contribution in [0.3, 0.4) is 0 Å². The van der Waals surface area contributed by atoms with Gasteiger partial charge in [-0.15, -0.1) is 0 Å². The summed E-state index contributed by atoms with van der Waals surface area (Å²) in [6, 6.07) is 3.70. The van der Waals surface area contributed by atoms with Gasteiger partial charge in [-0.2, -0.15) is 0 Å². The van der Waals surface area contributed by atoms with Crippen LogP contribution in [0.15, 0.2) is 18.3 Å². The quantitative estimate of drug-likeness (QED) is 0.757. The van der Waals surface area contributed by atoms with Crippen LogP contribution in [0.25, 0.3) is 0 Å². The summed E-state index contributed by atoms with van der Waals surface area (Å²) in [5.41, 5.74) is 6.88. The maximum atomic E-state index is 9.02. The molecular weight excluding hydrogens is 218 g/mol. The Balaban J connectivity index is 2.14. The molecule has 5 heteroatoms. The molecule has 1 saturated heterocycles. The van der Waals surface area contributed by atoms with E-state index in [1.807, 2.05) is 12.1 Å². The summed E-state index contributed by atoms with van der Waals surface area (Å²) in [5.74, 6) is 0.972. The van der Waals surface area contributed by atoms with Crippen molar-refractivity contribution in [3.63, 3.8) is 0 Å². The molecule has 17 heavy (non-hydrogen) atoms. The second kappa shape index (κ2) is 5.95. The number of rotatable bonds is 4.